The van der Waals surface area contributed by atoms with Crippen LogP contribution < -0.4 is 10.6 Å². The SMILES string of the molecule is Cc1ccc(Cl)cc1NC(=O)CN1C[C@H]2CNC[C@H]2C1. The number of halogens is 1. The van der Waals surface area contributed by atoms with Gasteiger partial charge in [-0.05, 0) is 49.5 Å². The van der Waals surface area contributed by atoms with Crippen molar-refractivity contribution >= 4 is 23.2 Å². The smallest absolute Gasteiger partial charge is 0.238 e. The Hall–Kier alpha value is -1.10. The summed E-state index contributed by atoms with van der Waals surface area (Å²) < 4.78 is 0. The van der Waals surface area contributed by atoms with E-state index < -0.39 is 0 Å². The maximum atomic E-state index is 12.1. The molecule has 0 unspecified atom stereocenters. The molecule has 2 N–H and O–H groups in total. The molecule has 0 spiro atoms. The Labute approximate surface area is 124 Å². The molecule has 2 aliphatic heterocycles. The Morgan fingerprint density at radius 1 is 1.40 bits per heavy atom. The highest BCUT2D eigenvalue weighted by molar-refractivity contribution is 6.31. The molecule has 0 aromatic heterocycles. The van der Waals surface area contributed by atoms with E-state index in [4.69, 9.17) is 11.6 Å². The lowest BCUT2D eigenvalue weighted by Gasteiger charge is -2.17. The van der Waals surface area contributed by atoms with E-state index in [2.05, 4.69) is 15.5 Å². The second kappa shape index (κ2) is 5.72. The topological polar surface area (TPSA) is 44.4 Å². The molecule has 1 aromatic rings. The standard InChI is InChI=1S/C15H20ClN3O/c1-10-2-3-13(16)4-14(10)18-15(20)9-19-7-11-5-17-6-12(11)8-19/h2-4,11-12,17H,5-9H2,1H3,(H,18,20)/t11-,12+. The van der Waals surface area contributed by atoms with E-state index in [-0.39, 0.29) is 5.91 Å². The first-order valence-electron chi connectivity index (χ1n) is 7.11. The lowest BCUT2D eigenvalue weighted by molar-refractivity contribution is -0.117. The largest absolute Gasteiger partial charge is 0.325 e. The van der Waals surface area contributed by atoms with Gasteiger partial charge < -0.3 is 10.6 Å². The number of likely N-dealkylation sites (tertiary alicyclic amines) is 1. The maximum Gasteiger partial charge on any atom is 0.238 e. The molecule has 2 fully saturated rings. The number of hydrogen-bond acceptors (Lipinski definition) is 3. The van der Waals surface area contributed by atoms with Crippen LogP contribution in [0.25, 0.3) is 0 Å². The van der Waals surface area contributed by atoms with Crippen molar-refractivity contribution in [2.24, 2.45) is 11.8 Å². The van der Waals surface area contributed by atoms with E-state index in [0.717, 1.165) is 49.3 Å². The van der Waals surface area contributed by atoms with E-state index in [9.17, 15) is 4.79 Å². The Balaban J connectivity index is 1.56. The lowest BCUT2D eigenvalue weighted by Crippen LogP contribution is -2.33. The van der Waals surface area contributed by atoms with Crippen LogP contribution >= 0.6 is 11.6 Å². The van der Waals surface area contributed by atoms with Gasteiger partial charge in [0.2, 0.25) is 5.91 Å². The second-order valence-corrected chi connectivity index (χ2v) is 6.32. The molecule has 4 nitrogen and oxygen atoms in total. The van der Waals surface area contributed by atoms with Gasteiger partial charge in [0, 0.05) is 23.8 Å². The van der Waals surface area contributed by atoms with Crippen molar-refractivity contribution < 1.29 is 4.79 Å². The fourth-order valence-corrected chi connectivity index (χ4v) is 3.38. The molecule has 0 bridgehead atoms. The van der Waals surface area contributed by atoms with Gasteiger partial charge in [-0.25, -0.2) is 0 Å². The summed E-state index contributed by atoms with van der Waals surface area (Å²) in [5.74, 6) is 1.48. The number of nitrogens with one attached hydrogen (secondary N) is 2. The van der Waals surface area contributed by atoms with Crippen LogP contribution in [0.4, 0.5) is 5.69 Å². The van der Waals surface area contributed by atoms with Gasteiger partial charge in [0.25, 0.3) is 0 Å². The fraction of sp³-hybridized carbons (Fsp3) is 0.533. The van der Waals surface area contributed by atoms with E-state index in [1.807, 2.05) is 19.1 Å². The number of hydrogen-bond donors (Lipinski definition) is 2. The number of fused-ring (bicyclic) bond motifs is 1. The third kappa shape index (κ3) is 2.97. The molecule has 1 aromatic carbocycles. The van der Waals surface area contributed by atoms with Gasteiger partial charge in [-0.3, -0.25) is 9.69 Å². The molecule has 3 rings (SSSR count). The number of carbonyl (C=O) groups excluding carboxylic acids is 1. The molecule has 1 amide bonds. The summed E-state index contributed by atoms with van der Waals surface area (Å²) in [6.45, 7) is 6.68. The molecule has 2 saturated heterocycles. The van der Waals surface area contributed by atoms with Crippen LogP contribution in [0, 0.1) is 18.8 Å². The summed E-state index contributed by atoms with van der Waals surface area (Å²) in [6.07, 6.45) is 0. The monoisotopic (exact) mass is 293 g/mol. The van der Waals surface area contributed by atoms with Crippen molar-refractivity contribution in [3.05, 3.63) is 28.8 Å². The van der Waals surface area contributed by atoms with Crippen molar-refractivity contribution in [2.45, 2.75) is 6.92 Å². The molecule has 2 heterocycles. The van der Waals surface area contributed by atoms with Crippen LogP contribution in [0.15, 0.2) is 18.2 Å². The first-order chi connectivity index (χ1) is 9.61. The first kappa shape index (κ1) is 13.9. The highest BCUT2D eigenvalue weighted by Gasteiger charge is 2.36. The average Bonchev–Trinajstić information content (AvgIpc) is 2.94. The first-order valence-corrected chi connectivity index (χ1v) is 7.48. The average molecular weight is 294 g/mol. The van der Waals surface area contributed by atoms with E-state index in [1.54, 1.807) is 6.07 Å². The van der Waals surface area contributed by atoms with Crippen LogP contribution in [-0.2, 0) is 4.79 Å². The van der Waals surface area contributed by atoms with Crippen molar-refractivity contribution in [1.82, 2.24) is 10.2 Å². The van der Waals surface area contributed by atoms with Crippen LogP contribution in [0.3, 0.4) is 0 Å². The Bertz CT molecular complexity index is 508. The maximum absolute atomic E-state index is 12.1. The van der Waals surface area contributed by atoms with Crippen molar-refractivity contribution in [1.29, 1.82) is 0 Å². The Morgan fingerprint density at radius 3 is 2.80 bits per heavy atom. The summed E-state index contributed by atoms with van der Waals surface area (Å²) >= 11 is 5.97. The number of benzene rings is 1. The zero-order valence-electron chi connectivity index (χ0n) is 11.7. The van der Waals surface area contributed by atoms with E-state index in [1.165, 1.54) is 0 Å². The minimum atomic E-state index is 0.0447. The normalized spacial score (nSPS) is 25.7. The summed E-state index contributed by atoms with van der Waals surface area (Å²) in [6, 6.07) is 5.56. The summed E-state index contributed by atoms with van der Waals surface area (Å²) in [4.78, 5) is 14.4. The molecule has 108 valence electrons. The molecule has 0 aliphatic carbocycles. The number of anilines is 1. The molecular formula is C15H20ClN3O. The molecule has 5 heteroatoms. The molecular weight excluding hydrogens is 274 g/mol. The van der Waals surface area contributed by atoms with Crippen LogP contribution in [0.5, 0.6) is 0 Å². The zero-order chi connectivity index (χ0) is 14.1. The highest BCUT2D eigenvalue weighted by Crippen LogP contribution is 2.26. The van der Waals surface area contributed by atoms with Gasteiger partial charge in [-0.1, -0.05) is 17.7 Å². The second-order valence-electron chi connectivity index (χ2n) is 5.88. The summed E-state index contributed by atoms with van der Waals surface area (Å²) in [7, 11) is 0. The molecule has 0 radical (unpaired) electrons. The van der Waals surface area contributed by atoms with Crippen LogP contribution in [-0.4, -0.2) is 43.5 Å². The van der Waals surface area contributed by atoms with Gasteiger partial charge in [-0.2, -0.15) is 0 Å². The summed E-state index contributed by atoms with van der Waals surface area (Å²) in [5, 5.41) is 7.02. The summed E-state index contributed by atoms with van der Waals surface area (Å²) in [5.41, 5.74) is 1.84. The molecule has 2 atom stereocenters. The van der Waals surface area contributed by atoms with E-state index >= 15 is 0 Å². The van der Waals surface area contributed by atoms with Gasteiger partial charge in [-0.15, -0.1) is 0 Å². The minimum Gasteiger partial charge on any atom is -0.325 e. The molecule has 20 heavy (non-hydrogen) atoms. The Kier molecular flexibility index (Phi) is 3.96. The Morgan fingerprint density at radius 2 is 2.10 bits per heavy atom. The van der Waals surface area contributed by atoms with Crippen LogP contribution in [0.1, 0.15) is 5.56 Å². The van der Waals surface area contributed by atoms with Crippen LogP contribution in [0.2, 0.25) is 5.02 Å². The van der Waals surface area contributed by atoms with Gasteiger partial charge >= 0.3 is 0 Å². The minimum absolute atomic E-state index is 0.0447. The van der Waals surface area contributed by atoms with Crippen molar-refractivity contribution in [3.63, 3.8) is 0 Å². The molecule has 0 saturated carbocycles. The number of amides is 1. The predicted octanol–water partition coefficient (Wildman–Crippen LogP) is 1.74. The number of nitrogens with zero attached hydrogens (tertiary/aromatic N) is 1. The van der Waals surface area contributed by atoms with Crippen molar-refractivity contribution in [3.8, 4) is 0 Å². The predicted molar refractivity (Wildman–Crippen MR) is 81.1 cm³/mol. The fourth-order valence-electron chi connectivity index (χ4n) is 3.20. The van der Waals surface area contributed by atoms with E-state index in [0.29, 0.717) is 11.6 Å². The van der Waals surface area contributed by atoms with Gasteiger partial charge in [0.1, 0.15) is 0 Å². The third-order valence-electron chi connectivity index (χ3n) is 4.31. The lowest BCUT2D eigenvalue weighted by atomic mass is 10.0. The molecule has 2 aliphatic rings. The number of rotatable bonds is 3. The van der Waals surface area contributed by atoms with Crippen molar-refractivity contribution in [2.75, 3.05) is 38.0 Å². The van der Waals surface area contributed by atoms with Gasteiger partial charge in [0.15, 0.2) is 0 Å². The highest BCUT2D eigenvalue weighted by atomic mass is 35.5. The number of carbonyl (C=O) groups is 1. The third-order valence-corrected chi connectivity index (χ3v) is 4.54. The van der Waals surface area contributed by atoms with Gasteiger partial charge in [0.05, 0.1) is 6.54 Å². The number of aryl methyl sites for hydroxylation is 1. The quantitative estimate of drug-likeness (QED) is 0.892. The zero-order valence-corrected chi connectivity index (χ0v) is 12.4.